The summed E-state index contributed by atoms with van der Waals surface area (Å²) in [7, 11) is 1.56. The molecule has 1 aliphatic rings. The number of methoxy groups -OCH3 is 1. The summed E-state index contributed by atoms with van der Waals surface area (Å²) in [5.41, 5.74) is 2.58. The normalized spacial score (nSPS) is 13.5. The molecule has 0 atom stereocenters. The third kappa shape index (κ3) is 4.63. The van der Waals surface area contributed by atoms with Crippen LogP contribution in [-0.4, -0.2) is 38.1 Å². The smallest absolute Gasteiger partial charge is 0.255 e. The van der Waals surface area contributed by atoms with E-state index in [2.05, 4.69) is 15.5 Å². The summed E-state index contributed by atoms with van der Waals surface area (Å²) >= 11 is 0. The Morgan fingerprint density at radius 3 is 2.46 bits per heavy atom. The predicted octanol–water partition coefficient (Wildman–Crippen LogP) is 3.69. The zero-order chi connectivity index (χ0) is 20.1. The van der Waals surface area contributed by atoms with Gasteiger partial charge >= 0.3 is 0 Å². The highest BCUT2D eigenvalue weighted by Gasteiger charge is 2.21. The molecule has 6 nitrogen and oxygen atoms in total. The highest BCUT2D eigenvalue weighted by Crippen LogP contribution is 2.28. The summed E-state index contributed by atoms with van der Waals surface area (Å²) in [4.78, 5) is 27.6. The first-order valence-corrected chi connectivity index (χ1v) is 9.63. The van der Waals surface area contributed by atoms with E-state index in [-0.39, 0.29) is 17.9 Å². The van der Waals surface area contributed by atoms with Crippen LogP contribution in [0.4, 0.5) is 11.4 Å². The van der Waals surface area contributed by atoms with Crippen LogP contribution in [-0.2, 0) is 0 Å². The molecule has 0 aliphatic carbocycles. The van der Waals surface area contributed by atoms with Crippen LogP contribution in [0.2, 0.25) is 0 Å². The molecule has 148 valence electrons. The molecule has 2 aromatic carbocycles. The van der Waals surface area contributed by atoms with Crippen molar-refractivity contribution in [3.05, 3.63) is 53.6 Å². The van der Waals surface area contributed by atoms with Crippen molar-refractivity contribution in [2.45, 2.75) is 32.7 Å². The van der Waals surface area contributed by atoms with E-state index < -0.39 is 0 Å². The first kappa shape index (κ1) is 19.7. The number of carbonyl (C=O) groups is 2. The molecule has 1 saturated heterocycles. The van der Waals surface area contributed by atoms with Gasteiger partial charge in [-0.05, 0) is 63.1 Å². The highest BCUT2D eigenvalue weighted by atomic mass is 16.5. The van der Waals surface area contributed by atoms with Crippen LogP contribution in [0.5, 0.6) is 5.75 Å². The first-order valence-electron chi connectivity index (χ1n) is 9.63. The second kappa shape index (κ2) is 8.78. The SMILES string of the molecule is COc1cccc(C(=O)Nc2ccc(N3CCCC3)c(C(=O)NC(C)C)c2)c1. The van der Waals surface area contributed by atoms with Crippen LogP contribution >= 0.6 is 0 Å². The zero-order valence-corrected chi connectivity index (χ0v) is 16.6. The van der Waals surface area contributed by atoms with E-state index >= 15 is 0 Å². The molecule has 6 heteroatoms. The van der Waals surface area contributed by atoms with E-state index in [1.54, 1.807) is 37.4 Å². The lowest BCUT2D eigenvalue weighted by molar-refractivity contribution is 0.0942. The summed E-state index contributed by atoms with van der Waals surface area (Å²) in [5.74, 6) is 0.242. The van der Waals surface area contributed by atoms with E-state index in [9.17, 15) is 9.59 Å². The van der Waals surface area contributed by atoms with Crippen molar-refractivity contribution in [1.29, 1.82) is 0 Å². The summed E-state index contributed by atoms with van der Waals surface area (Å²) in [6.45, 7) is 5.75. The molecular formula is C22H27N3O3. The molecule has 0 spiro atoms. The van der Waals surface area contributed by atoms with Gasteiger partial charge in [-0.2, -0.15) is 0 Å². The molecule has 1 fully saturated rings. The maximum absolute atomic E-state index is 12.8. The number of rotatable bonds is 6. The van der Waals surface area contributed by atoms with Crippen LogP contribution in [0.25, 0.3) is 0 Å². The van der Waals surface area contributed by atoms with Gasteiger partial charge in [0.1, 0.15) is 5.75 Å². The lowest BCUT2D eigenvalue weighted by Crippen LogP contribution is -2.32. The van der Waals surface area contributed by atoms with E-state index in [1.165, 1.54) is 0 Å². The maximum atomic E-state index is 12.8. The van der Waals surface area contributed by atoms with Gasteiger partial charge in [-0.25, -0.2) is 0 Å². The minimum absolute atomic E-state index is 0.0361. The molecule has 28 heavy (non-hydrogen) atoms. The molecule has 2 aromatic rings. The quantitative estimate of drug-likeness (QED) is 0.801. The van der Waals surface area contributed by atoms with Crippen LogP contribution < -0.4 is 20.3 Å². The largest absolute Gasteiger partial charge is 0.497 e. The maximum Gasteiger partial charge on any atom is 0.255 e. The number of benzene rings is 2. The third-order valence-corrected chi connectivity index (χ3v) is 4.70. The lowest BCUT2D eigenvalue weighted by atomic mass is 10.1. The van der Waals surface area contributed by atoms with Crippen molar-refractivity contribution >= 4 is 23.2 Å². The minimum Gasteiger partial charge on any atom is -0.497 e. The van der Waals surface area contributed by atoms with Crippen LogP contribution in [0, 0.1) is 0 Å². The Bertz CT molecular complexity index is 858. The van der Waals surface area contributed by atoms with Crippen molar-refractivity contribution in [1.82, 2.24) is 5.32 Å². The first-order chi connectivity index (χ1) is 13.5. The number of carbonyl (C=O) groups excluding carboxylic acids is 2. The predicted molar refractivity (Wildman–Crippen MR) is 111 cm³/mol. The minimum atomic E-state index is -0.247. The molecule has 1 heterocycles. The number of anilines is 2. The Labute approximate surface area is 165 Å². The van der Waals surface area contributed by atoms with Gasteiger partial charge in [0.25, 0.3) is 11.8 Å². The van der Waals surface area contributed by atoms with Gasteiger partial charge in [0, 0.05) is 36.1 Å². The number of hydrogen-bond donors (Lipinski definition) is 2. The fourth-order valence-corrected chi connectivity index (χ4v) is 3.34. The van der Waals surface area contributed by atoms with E-state index in [0.29, 0.717) is 22.6 Å². The van der Waals surface area contributed by atoms with Crippen LogP contribution in [0.3, 0.4) is 0 Å². The highest BCUT2D eigenvalue weighted by molar-refractivity contribution is 6.06. The number of amides is 2. The van der Waals surface area contributed by atoms with Gasteiger partial charge in [-0.3, -0.25) is 9.59 Å². The fraction of sp³-hybridized carbons (Fsp3) is 0.364. The van der Waals surface area contributed by atoms with Crippen molar-refractivity contribution in [2.75, 3.05) is 30.4 Å². The van der Waals surface area contributed by atoms with E-state index in [4.69, 9.17) is 4.74 Å². The second-order valence-electron chi connectivity index (χ2n) is 7.24. The molecule has 2 N–H and O–H groups in total. The summed E-state index contributed by atoms with van der Waals surface area (Å²) < 4.78 is 5.18. The zero-order valence-electron chi connectivity index (χ0n) is 16.6. The van der Waals surface area contributed by atoms with Crippen molar-refractivity contribution < 1.29 is 14.3 Å². The summed E-state index contributed by atoms with van der Waals surface area (Å²) in [5, 5.41) is 5.84. The Morgan fingerprint density at radius 2 is 1.79 bits per heavy atom. The molecule has 0 radical (unpaired) electrons. The molecule has 0 bridgehead atoms. The fourth-order valence-electron chi connectivity index (χ4n) is 3.34. The molecule has 0 aromatic heterocycles. The van der Waals surface area contributed by atoms with Gasteiger partial charge in [-0.15, -0.1) is 0 Å². The van der Waals surface area contributed by atoms with Gasteiger partial charge in [0.2, 0.25) is 0 Å². The average Bonchev–Trinajstić information content (AvgIpc) is 3.22. The number of ether oxygens (including phenoxy) is 1. The molecular weight excluding hydrogens is 354 g/mol. The molecule has 2 amide bonds. The van der Waals surface area contributed by atoms with E-state index in [0.717, 1.165) is 31.6 Å². The van der Waals surface area contributed by atoms with Crippen molar-refractivity contribution in [2.24, 2.45) is 0 Å². The van der Waals surface area contributed by atoms with E-state index in [1.807, 2.05) is 26.0 Å². The number of hydrogen-bond acceptors (Lipinski definition) is 4. The van der Waals surface area contributed by atoms with Gasteiger partial charge in [0.15, 0.2) is 0 Å². The Hall–Kier alpha value is -3.02. The molecule has 3 rings (SSSR count). The standard InChI is InChI=1S/C22H27N3O3/c1-15(2)23-22(27)19-14-17(9-10-20(19)25-11-4-5-12-25)24-21(26)16-7-6-8-18(13-16)28-3/h6-10,13-15H,4-5,11-12H2,1-3H3,(H,23,27)(H,24,26). The molecule has 1 aliphatic heterocycles. The Balaban J connectivity index is 1.86. The second-order valence-corrected chi connectivity index (χ2v) is 7.24. The van der Waals surface area contributed by atoms with Crippen molar-refractivity contribution in [3.63, 3.8) is 0 Å². The molecule has 0 unspecified atom stereocenters. The van der Waals surface area contributed by atoms with Gasteiger partial charge in [0.05, 0.1) is 12.7 Å². The molecule has 0 saturated carbocycles. The summed E-state index contributed by atoms with van der Waals surface area (Å²) in [6, 6.07) is 12.5. The van der Waals surface area contributed by atoms with Crippen LogP contribution in [0.15, 0.2) is 42.5 Å². The van der Waals surface area contributed by atoms with Crippen LogP contribution in [0.1, 0.15) is 47.4 Å². The lowest BCUT2D eigenvalue weighted by Gasteiger charge is -2.22. The monoisotopic (exact) mass is 381 g/mol. The number of nitrogens with one attached hydrogen (secondary N) is 2. The Morgan fingerprint density at radius 1 is 1.04 bits per heavy atom. The Kier molecular flexibility index (Phi) is 6.19. The average molecular weight is 381 g/mol. The van der Waals surface area contributed by atoms with Gasteiger partial charge < -0.3 is 20.3 Å². The summed E-state index contributed by atoms with van der Waals surface area (Å²) in [6.07, 6.45) is 2.25. The van der Waals surface area contributed by atoms with Crippen molar-refractivity contribution in [3.8, 4) is 5.75 Å². The third-order valence-electron chi connectivity index (χ3n) is 4.70. The van der Waals surface area contributed by atoms with Gasteiger partial charge in [-0.1, -0.05) is 6.07 Å². The number of nitrogens with zero attached hydrogens (tertiary/aromatic N) is 1. The topological polar surface area (TPSA) is 70.7 Å².